The number of carbonyl (C=O) groups excluding carboxylic acids is 1. The van der Waals surface area contributed by atoms with Gasteiger partial charge in [-0.15, -0.1) is 0 Å². The minimum atomic E-state index is -4.37. The Kier molecular flexibility index (Phi) is 6.68. The van der Waals surface area contributed by atoms with E-state index in [4.69, 9.17) is 0 Å². The van der Waals surface area contributed by atoms with Crippen LogP contribution in [0, 0.1) is 0 Å². The summed E-state index contributed by atoms with van der Waals surface area (Å²) in [6.45, 7) is 3.39. The lowest BCUT2D eigenvalue weighted by atomic mass is 10.0. The molecule has 21 heavy (non-hydrogen) atoms. The van der Waals surface area contributed by atoms with Crippen molar-refractivity contribution in [3.8, 4) is 0 Å². The van der Waals surface area contributed by atoms with Crippen LogP contribution in [0.3, 0.4) is 0 Å². The van der Waals surface area contributed by atoms with Gasteiger partial charge in [-0.05, 0) is 30.0 Å². The lowest BCUT2D eigenvalue weighted by Crippen LogP contribution is -2.39. The predicted molar refractivity (Wildman–Crippen MR) is 76.2 cm³/mol. The molecule has 2 N–H and O–H groups in total. The quantitative estimate of drug-likeness (QED) is 0.760. The van der Waals surface area contributed by atoms with Crippen LogP contribution >= 0.6 is 0 Å². The van der Waals surface area contributed by atoms with Gasteiger partial charge in [0.15, 0.2) is 0 Å². The van der Waals surface area contributed by atoms with Crippen molar-refractivity contribution in [1.82, 2.24) is 10.6 Å². The maximum Gasteiger partial charge on any atom is 0.405 e. The summed E-state index contributed by atoms with van der Waals surface area (Å²) in [5.74, 6) is -0.169. The molecule has 0 aliphatic rings. The Balaban J connectivity index is 2.20. The summed E-state index contributed by atoms with van der Waals surface area (Å²) in [6.07, 6.45) is -3.64. The highest BCUT2D eigenvalue weighted by molar-refractivity contribution is 5.77. The Hall–Kier alpha value is -1.56. The van der Waals surface area contributed by atoms with Crippen molar-refractivity contribution in [3.05, 3.63) is 35.4 Å². The summed E-state index contributed by atoms with van der Waals surface area (Å²) in [5.41, 5.74) is 2.39. The molecule has 0 aliphatic heterocycles. The predicted octanol–water partition coefficient (Wildman–Crippen LogP) is 2.62. The highest BCUT2D eigenvalue weighted by atomic mass is 19.4. The van der Waals surface area contributed by atoms with Gasteiger partial charge in [-0.3, -0.25) is 4.79 Å². The standard InChI is InChI=1S/C15H21F3N2O/c1-11(2)13-5-3-12(4-6-13)7-8-19-9-14(21)20-10-15(16,17)18/h3-6,11,19H,7-10H2,1-2H3,(H,20,21). The van der Waals surface area contributed by atoms with Crippen molar-refractivity contribution in [3.63, 3.8) is 0 Å². The van der Waals surface area contributed by atoms with E-state index in [2.05, 4.69) is 31.3 Å². The number of hydrogen-bond donors (Lipinski definition) is 2. The molecule has 0 atom stereocenters. The summed E-state index contributed by atoms with van der Waals surface area (Å²) in [5, 5.41) is 4.64. The van der Waals surface area contributed by atoms with Crippen LogP contribution in [0.25, 0.3) is 0 Å². The molecule has 1 amide bonds. The fourth-order valence-corrected chi connectivity index (χ4v) is 1.77. The molecule has 0 heterocycles. The summed E-state index contributed by atoms with van der Waals surface area (Å²) in [7, 11) is 0. The van der Waals surface area contributed by atoms with E-state index in [1.165, 1.54) is 5.56 Å². The molecule has 3 nitrogen and oxygen atoms in total. The third kappa shape index (κ3) is 7.70. The van der Waals surface area contributed by atoms with Gasteiger partial charge in [-0.1, -0.05) is 38.1 Å². The molecule has 0 fully saturated rings. The smallest absolute Gasteiger partial charge is 0.346 e. The van der Waals surface area contributed by atoms with Crippen LogP contribution < -0.4 is 10.6 Å². The number of alkyl halides is 3. The summed E-state index contributed by atoms with van der Waals surface area (Å²) in [6, 6.07) is 8.19. The molecule has 1 rings (SSSR count). The molecule has 0 aromatic heterocycles. The first-order valence-corrected chi connectivity index (χ1v) is 6.91. The Morgan fingerprint density at radius 3 is 2.33 bits per heavy atom. The third-order valence-corrected chi connectivity index (χ3v) is 3.01. The average Bonchev–Trinajstić information content (AvgIpc) is 2.41. The number of amides is 1. The van der Waals surface area contributed by atoms with Gasteiger partial charge in [0, 0.05) is 0 Å². The maximum absolute atomic E-state index is 11.9. The molecule has 0 unspecified atom stereocenters. The van der Waals surface area contributed by atoms with E-state index in [0.29, 0.717) is 12.5 Å². The minimum absolute atomic E-state index is 0.111. The van der Waals surface area contributed by atoms with Crippen LogP contribution in [0.5, 0.6) is 0 Å². The SMILES string of the molecule is CC(C)c1ccc(CCNCC(=O)NCC(F)(F)F)cc1. The first-order valence-electron chi connectivity index (χ1n) is 6.91. The Morgan fingerprint density at radius 1 is 1.19 bits per heavy atom. The van der Waals surface area contributed by atoms with Crippen LogP contribution in [0.2, 0.25) is 0 Å². The molecular weight excluding hydrogens is 281 g/mol. The van der Waals surface area contributed by atoms with Crippen molar-refractivity contribution < 1.29 is 18.0 Å². The first kappa shape index (κ1) is 17.5. The summed E-state index contributed by atoms with van der Waals surface area (Å²) >= 11 is 0. The zero-order valence-corrected chi connectivity index (χ0v) is 12.3. The highest BCUT2D eigenvalue weighted by Crippen LogP contribution is 2.14. The number of rotatable bonds is 7. The lowest BCUT2D eigenvalue weighted by Gasteiger charge is -2.09. The van der Waals surface area contributed by atoms with Gasteiger partial charge in [0.2, 0.25) is 5.91 Å². The first-order chi connectivity index (χ1) is 9.78. The molecule has 0 spiro atoms. The van der Waals surface area contributed by atoms with Gasteiger partial charge in [-0.2, -0.15) is 13.2 Å². The fourth-order valence-electron chi connectivity index (χ4n) is 1.77. The van der Waals surface area contributed by atoms with Crippen molar-refractivity contribution in [1.29, 1.82) is 0 Å². The Bertz CT molecular complexity index is 441. The molecule has 1 aromatic carbocycles. The molecule has 0 saturated heterocycles. The number of hydrogen-bond acceptors (Lipinski definition) is 2. The van der Waals surface area contributed by atoms with E-state index in [-0.39, 0.29) is 6.54 Å². The third-order valence-electron chi connectivity index (χ3n) is 3.01. The molecular formula is C15H21F3N2O. The van der Waals surface area contributed by atoms with Gasteiger partial charge in [0.05, 0.1) is 6.54 Å². The molecule has 0 saturated carbocycles. The van der Waals surface area contributed by atoms with Gasteiger partial charge in [0.25, 0.3) is 0 Å². The molecule has 6 heteroatoms. The van der Waals surface area contributed by atoms with Gasteiger partial charge in [-0.25, -0.2) is 0 Å². The number of carbonyl (C=O) groups is 1. The number of halogens is 3. The normalized spacial score (nSPS) is 11.7. The number of nitrogens with one attached hydrogen (secondary N) is 2. The van der Waals surface area contributed by atoms with Crippen LogP contribution in [-0.4, -0.2) is 31.7 Å². The summed E-state index contributed by atoms with van der Waals surface area (Å²) < 4.78 is 35.6. The van der Waals surface area contributed by atoms with Crippen molar-refractivity contribution in [2.24, 2.45) is 0 Å². The van der Waals surface area contributed by atoms with E-state index in [1.54, 1.807) is 0 Å². The second kappa shape index (κ2) is 8.02. The fraction of sp³-hybridized carbons (Fsp3) is 0.533. The van der Waals surface area contributed by atoms with E-state index in [0.717, 1.165) is 12.0 Å². The molecule has 1 aromatic rings. The second-order valence-corrected chi connectivity index (χ2v) is 5.21. The van der Waals surface area contributed by atoms with E-state index < -0.39 is 18.6 Å². The van der Waals surface area contributed by atoms with Crippen molar-refractivity contribution in [2.75, 3.05) is 19.6 Å². The Morgan fingerprint density at radius 2 is 1.81 bits per heavy atom. The van der Waals surface area contributed by atoms with Crippen LogP contribution in [0.4, 0.5) is 13.2 Å². The molecule has 0 radical (unpaired) electrons. The second-order valence-electron chi connectivity index (χ2n) is 5.21. The van der Waals surface area contributed by atoms with E-state index >= 15 is 0 Å². The lowest BCUT2D eigenvalue weighted by molar-refractivity contribution is -0.137. The molecule has 0 bridgehead atoms. The van der Waals surface area contributed by atoms with Gasteiger partial charge >= 0.3 is 6.18 Å². The minimum Gasteiger partial charge on any atom is -0.346 e. The van der Waals surface area contributed by atoms with Crippen LogP contribution in [-0.2, 0) is 11.2 Å². The van der Waals surface area contributed by atoms with Crippen LogP contribution in [0.1, 0.15) is 30.9 Å². The zero-order chi connectivity index (χ0) is 15.9. The van der Waals surface area contributed by atoms with E-state index in [9.17, 15) is 18.0 Å². The highest BCUT2D eigenvalue weighted by Gasteiger charge is 2.27. The van der Waals surface area contributed by atoms with E-state index in [1.807, 2.05) is 17.4 Å². The largest absolute Gasteiger partial charge is 0.405 e. The summed E-state index contributed by atoms with van der Waals surface area (Å²) in [4.78, 5) is 11.1. The van der Waals surface area contributed by atoms with Crippen molar-refractivity contribution >= 4 is 5.91 Å². The van der Waals surface area contributed by atoms with Crippen molar-refractivity contribution in [2.45, 2.75) is 32.4 Å². The van der Waals surface area contributed by atoms with Gasteiger partial charge < -0.3 is 10.6 Å². The molecule has 0 aliphatic carbocycles. The zero-order valence-electron chi connectivity index (χ0n) is 12.3. The topological polar surface area (TPSA) is 41.1 Å². The van der Waals surface area contributed by atoms with Gasteiger partial charge in [0.1, 0.15) is 6.54 Å². The Labute approximate surface area is 122 Å². The number of benzene rings is 1. The monoisotopic (exact) mass is 302 g/mol. The average molecular weight is 302 g/mol. The maximum atomic E-state index is 11.9. The molecule has 118 valence electrons. The van der Waals surface area contributed by atoms with Crippen LogP contribution in [0.15, 0.2) is 24.3 Å².